The van der Waals surface area contributed by atoms with Gasteiger partial charge in [0.1, 0.15) is 22.5 Å². The maximum absolute atomic E-state index is 16.3. The van der Waals surface area contributed by atoms with Crippen molar-refractivity contribution in [1.29, 1.82) is 5.26 Å². The molecule has 47 heavy (non-hydrogen) atoms. The van der Waals surface area contributed by atoms with Crippen LogP contribution in [-0.2, 0) is 25.1 Å². The van der Waals surface area contributed by atoms with Crippen LogP contribution in [-0.4, -0.2) is 32.3 Å². The van der Waals surface area contributed by atoms with E-state index in [0.717, 1.165) is 55.6 Å². The number of hydrogen-bond acceptors (Lipinski definition) is 8. The summed E-state index contributed by atoms with van der Waals surface area (Å²) in [7, 11) is -10.00. The monoisotopic (exact) mass is 696 g/mol. The molecule has 7 nitrogen and oxygen atoms in total. The fourth-order valence-electron chi connectivity index (χ4n) is 5.98. The predicted molar refractivity (Wildman–Crippen MR) is 164 cm³/mol. The largest absolute Gasteiger partial charge is 0.494 e. The van der Waals surface area contributed by atoms with Crippen molar-refractivity contribution in [2.45, 2.75) is 23.6 Å². The average molecular weight is 697 g/mol. The minimum atomic E-state index is -5.59. The number of ether oxygens (including phenoxy) is 1. The van der Waals surface area contributed by atoms with Crippen molar-refractivity contribution in [3.8, 4) is 11.8 Å². The zero-order valence-corrected chi connectivity index (χ0v) is 26.4. The lowest BCUT2D eigenvalue weighted by molar-refractivity contribution is 0.385. The highest BCUT2D eigenvalue weighted by molar-refractivity contribution is 8.29. The van der Waals surface area contributed by atoms with Crippen LogP contribution in [0.2, 0.25) is 0 Å². The minimum Gasteiger partial charge on any atom is -0.494 e. The van der Waals surface area contributed by atoms with Gasteiger partial charge in [-0.05, 0) is 66.2 Å². The Labute approximate surface area is 271 Å². The van der Waals surface area contributed by atoms with Gasteiger partial charge in [-0.25, -0.2) is 39.4 Å². The molecule has 0 bridgehead atoms. The lowest BCUT2D eigenvalue weighted by Crippen LogP contribution is -2.58. The number of methoxy groups -OCH3 is 1. The number of hydrogen-bond donors (Lipinski definition) is 0. The molecule has 1 aromatic heterocycles. The molecule has 0 radical (unpaired) electrons. The molecular formula is C33H20F4N2O5S3. The Morgan fingerprint density at radius 2 is 1.47 bits per heavy atom. The molecule has 4 aromatic carbocycles. The summed E-state index contributed by atoms with van der Waals surface area (Å²) >= 11 is 0.198. The lowest BCUT2D eigenvalue weighted by atomic mass is 9.70. The van der Waals surface area contributed by atoms with Crippen LogP contribution in [0.25, 0.3) is 0 Å². The van der Waals surface area contributed by atoms with Gasteiger partial charge in [-0.15, -0.1) is 0 Å². The molecule has 0 amide bonds. The Balaban J connectivity index is 1.92. The summed E-state index contributed by atoms with van der Waals surface area (Å²) < 4.78 is 125. The second-order valence-corrected chi connectivity index (χ2v) is 16.5. The van der Waals surface area contributed by atoms with E-state index in [2.05, 4.69) is 4.98 Å². The molecule has 2 unspecified atom stereocenters. The first-order valence-corrected chi connectivity index (χ1v) is 17.3. The van der Waals surface area contributed by atoms with Crippen LogP contribution in [0, 0.1) is 34.6 Å². The maximum Gasteiger partial charge on any atom is 0.250 e. The van der Waals surface area contributed by atoms with E-state index in [9.17, 15) is 9.65 Å². The second-order valence-electron chi connectivity index (χ2n) is 10.3. The molecule has 2 heterocycles. The van der Waals surface area contributed by atoms with E-state index in [1.807, 2.05) is 0 Å². The SMILES string of the molecule is COc1ccc(S(=O)(=O)C2(S(=O)(=O)c3cc(F)cc(C#N)c3)Sc3ncccc3C2(c2cccc(F)c2)c2ccccc2F)cc1F. The number of sulfone groups is 2. The van der Waals surface area contributed by atoms with Gasteiger partial charge in [0.2, 0.25) is 19.7 Å². The van der Waals surface area contributed by atoms with E-state index < -0.39 is 72.7 Å². The third-order valence-electron chi connectivity index (χ3n) is 7.85. The van der Waals surface area contributed by atoms with Crippen molar-refractivity contribution in [2.24, 2.45) is 0 Å². The van der Waals surface area contributed by atoms with Crippen LogP contribution >= 0.6 is 11.8 Å². The number of nitriles is 1. The summed E-state index contributed by atoms with van der Waals surface area (Å²) in [5.74, 6) is -4.70. The van der Waals surface area contributed by atoms with Crippen molar-refractivity contribution in [1.82, 2.24) is 4.98 Å². The molecule has 0 saturated heterocycles. The summed E-state index contributed by atoms with van der Waals surface area (Å²) in [6.45, 7) is 0. The van der Waals surface area contributed by atoms with Crippen molar-refractivity contribution >= 4 is 31.4 Å². The molecule has 0 fully saturated rings. The van der Waals surface area contributed by atoms with Gasteiger partial charge in [0.15, 0.2) is 11.6 Å². The van der Waals surface area contributed by atoms with Crippen LogP contribution in [0.15, 0.2) is 118 Å². The molecule has 1 aliphatic rings. The van der Waals surface area contributed by atoms with E-state index in [1.165, 1.54) is 42.6 Å². The summed E-state index contributed by atoms with van der Waals surface area (Å²) in [6, 6.07) is 17.9. The van der Waals surface area contributed by atoms with Gasteiger partial charge in [-0.1, -0.05) is 48.2 Å². The Bertz CT molecular complexity index is 2350. The van der Waals surface area contributed by atoms with Crippen molar-refractivity contribution < 1.29 is 39.1 Å². The number of thioether (sulfide) groups is 1. The Morgan fingerprint density at radius 1 is 0.745 bits per heavy atom. The number of rotatable bonds is 7. The predicted octanol–water partition coefficient (Wildman–Crippen LogP) is 6.56. The first-order chi connectivity index (χ1) is 22.3. The first kappa shape index (κ1) is 32.2. The zero-order valence-electron chi connectivity index (χ0n) is 24.0. The smallest absolute Gasteiger partial charge is 0.250 e. The highest BCUT2D eigenvalue weighted by atomic mass is 32.3. The normalized spacial score (nSPS) is 19.1. The van der Waals surface area contributed by atoms with E-state index in [0.29, 0.717) is 12.1 Å². The summed E-state index contributed by atoms with van der Waals surface area (Å²) in [4.78, 5) is 2.44. The molecule has 2 atom stereocenters. The van der Waals surface area contributed by atoms with Gasteiger partial charge in [0.25, 0.3) is 3.41 Å². The molecule has 6 rings (SSSR count). The van der Waals surface area contributed by atoms with Crippen molar-refractivity contribution in [3.63, 3.8) is 0 Å². The summed E-state index contributed by atoms with van der Waals surface area (Å²) in [5.41, 5.74) is -4.13. The van der Waals surface area contributed by atoms with Crippen LogP contribution in [0.1, 0.15) is 22.3 Å². The fraction of sp³-hybridized carbons (Fsp3) is 0.0909. The number of pyridine rings is 1. The quantitative estimate of drug-likeness (QED) is 0.176. The van der Waals surface area contributed by atoms with Crippen molar-refractivity contribution in [3.05, 3.63) is 149 Å². The topological polar surface area (TPSA) is 114 Å². The number of fused-ring (bicyclic) bond motifs is 1. The first-order valence-electron chi connectivity index (χ1n) is 13.5. The Kier molecular flexibility index (Phi) is 7.90. The Morgan fingerprint density at radius 3 is 2.15 bits per heavy atom. The van der Waals surface area contributed by atoms with Gasteiger partial charge < -0.3 is 4.74 Å². The minimum absolute atomic E-state index is 0.140. The van der Waals surface area contributed by atoms with Crippen LogP contribution in [0.5, 0.6) is 5.75 Å². The summed E-state index contributed by atoms with van der Waals surface area (Å²) in [5, 5.41) is 9.38. The Hall–Kier alpha value is -4.71. The van der Waals surface area contributed by atoms with Gasteiger partial charge in [0.05, 0.1) is 33.9 Å². The van der Waals surface area contributed by atoms with Gasteiger partial charge >= 0.3 is 0 Å². The highest BCUT2D eigenvalue weighted by Gasteiger charge is 2.76. The van der Waals surface area contributed by atoms with Crippen molar-refractivity contribution in [2.75, 3.05) is 7.11 Å². The average Bonchev–Trinajstić information content (AvgIpc) is 3.38. The van der Waals surface area contributed by atoms with Crippen LogP contribution in [0.4, 0.5) is 17.6 Å². The van der Waals surface area contributed by atoms with Gasteiger partial charge in [-0.3, -0.25) is 0 Å². The second kappa shape index (κ2) is 11.5. The highest BCUT2D eigenvalue weighted by Crippen LogP contribution is 2.69. The fourth-order valence-corrected chi connectivity index (χ4v) is 14.0. The van der Waals surface area contributed by atoms with E-state index in [1.54, 1.807) is 6.07 Å². The molecule has 0 N–H and O–H groups in total. The lowest BCUT2D eigenvalue weighted by Gasteiger charge is -2.44. The van der Waals surface area contributed by atoms with Gasteiger partial charge in [0, 0.05) is 17.3 Å². The zero-order chi connectivity index (χ0) is 33.8. The molecule has 0 aliphatic carbocycles. The van der Waals surface area contributed by atoms with E-state index >= 15 is 30.0 Å². The standard InChI is InChI=1S/C33H20F4N2O5S3/c1-44-30-12-11-24(18-29(30)37)46(40,41)33(47(42,43)25-15-20(19-38)14-23(35)17-25)32(21-6-4-7-22(34)16-21,26-8-2-3-10-28(26)36)27-9-5-13-39-31(27)45-33/h2-18H,1H3. The molecule has 238 valence electrons. The molecule has 5 aromatic rings. The van der Waals surface area contributed by atoms with E-state index in [-0.39, 0.29) is 33.7 Å². The van der Waals surface area contributed by atoms with E-state index in [4.69, 9.17) is 4.74 Å². The number of benzene rings is 4. The molecule has 14 heteroatoms. The van der Waals surface area contributed by atoms with Crippen LogP contribution < -0.4 is 4.74 Å². The molecule has 0 spiro atoms. The van der Waals surface area contributed by atoms with Crippen LogP contribution in [0.3, 0.4) is 0 Å². The third kappa shape index (κ3) is 4.56. The number of nitrogens with zero attached hydrogens (tertiary/aromatic N) is 2. The molecule has 1 aliphatic heterocycles. The maximum atomic E-state index is 16.3. The molecular weight excluding hydrogens is 677 g/mol. The summed E-state index contributed by atoms with van der Waals surface area (Å²) in [6.07, 6.45) is 1.25. The van der Waals surface area contributed by atoms with Gasteiger partial charge in [-0.2, -0.15) is 5.26 Å². The third-order valence-corrected chi connectivity index (χ3v) is 15.8. The molecule has 0 saturated carbocycles. The number of aromatic nitrogens is 1. The number of halogens is 4.